The zero-order valence-electron chi connectivity index (χ0n) is 14.2. The Labute approximate surface area is 137 Å². The van der Waals surface area contributed by atoms with Crippen LogP contribution in [0.1, 0.15) is 43.9 Å². The van der Waals surface area contributed by atoms with Gasteiger partial charge in [-0.25, -0.2) is 0 Å². The van der Waals surface area contributed by atoms with E-state index >= 15 is 0 Å². The van der Waals surface area contributed by atoms with E-state index < -0.39 is 0 Å². The van der Waals surface area contributed by atoms with Gasteiger partial charge in [0.1, 0.15) is 5.75 Å². The number of benzene rings is 1. The SMILES string of the molecule is CCCOc1ccc2[nH]c(C)c(CN3CCCCC3)c(=O)c2c1. The molecule has 2 heterocycles. The third-order valence-electron chi connectivity index (χ3n) is 4.59. The van der Waals surface area contributed by atoms with Gasteiger partial charge in [-0.1, -0.05) is 13.3 Å². The second-order valence-electron chi connectivity index (χ2n) is 6.45. The number of likely N-dealkylation sites (tertiary alicyclic amines) is 1. The standard InChI is InChI=1S/C19H26N2O2/c1-3-11-23-15-7-8-18-16(12-15)19(22)17(14(2)20-18)13-21-9-5-4-6-10-21/h7-8,12H,3-6,9-11,13H2,1-2H3,(H,20,22). The Hall–Kier alpha value is -1.81. The average Bonchev–Trinajstić information content (AvgIpc) is 2.58. The molecule has 1 aromatic carbocycles. The van der Waals surface area contributed by atoms with Crippen LogP contribution in [0.3, 0.4) is 0 Å². The van der Waals surface area contributed by atoms with E-state index in [2.05, 4.69) is 16.8 Å². The summed E-state index contributed by atoms with van der Waals surface area (Å²) >= 11 is 0. The Bertz CT molecular complexity index is 730. The number of hydrogen-bond acceptors (Lipinski definition) is 3. The van der Waals surface area contributed by atoms with Crippen LogP contribution in [-0.2, 0) is 6.54 Å². The van der Waals surface area contributed by atoms with E-state index in [0.717, 1.165) is 54.0 Å². The molecule has 0 unspecified atom stereocenters. The Morgan fingerprint density at radius 1 is 1.22 bits per heavy atom. The van der Waals surface area contributed by atoms with Crippen LogP contribution in [0, 0.1) is 6.92 Å². The summed E-state index contributed by atoms with van der Waals surface area (Å²) in [7, 11) is 0. The number of ether oxygens (including phenoxy) is 1. The van der Waals surface area contributed by atoms with Crippen molar-refractivity contribution in [2.75, 3.05) is 19.7 Å². The van der Waals surface area contributed by atoms with E-state index in [4.69, 9.17) is 4.74 Å². The molecule has 2 aromatic rings. The fourth-order valence-corrected chi connectivity index (χ4v) is 3.27. The summed E-state index contributed by atoms with van der Waals surface area (Å²) in [6.45, 7) is 7.69. The quantitative estimate of drug-likeness (QED) is 0.917. The van der Waals surface area contributed by atoms with Crippen molar-refractivity contribution in [2.45, 2.75) is 46.1 Å². The predicted molar refractivity (Wildman–Crippen MR) is 94.2 cm³/mol. The number of aromatic nitrogens is 1. The van der Waals surface area contributed by atoms with Gasteiger partial charge in [-0.2, -0.15) is 0 Å². The molecule has 0 aliphatic carbocycles. The highest BCUT2D eigenvalue weighted by molar-refractivity contribution is 5.81. The van der Waals surface area contributed by atoms with E-state index in [1.165, 1.54) is 19.3 Å². The molecule has 0 atom stereocenters. The van der Waals surface area contributed by atoms with Crippen LogP contribution in [0.4, 0.5) is 0 Å². The van der Waals surface area contributed by atoms with Crippen LogP contribution in [0.25, 0.3) is 10.9 Å². The van der Waals surface area contributed by atoms with Gasteiger partial charge in [-0.15, -0.1) is 0 Å². The van der Waals surface area contributed by atoms with Gasteiger partial charge in [0.15, 0.2) is 5.43 Å². The van der Waals surface area contributed by atoms with Crippen molar-refractivity contribution in [1.29, 1.82) is 0 Å². The molecule has 0 amide bonds. The highest BCUT2D eigenvalue weighted by Gasteiger charge is 2.16. The van der Waals surface area contributed by atoms with Crippen molar-refractivity contribution in [2.24, 2.45) is 0 Å². The molecule has 1 aliphatic heterocycles. The molecule has 1 saturated heterocycles. The van der Waals surface area contributed by atoms with E-state index in [1.807, 2.05) is 25.1 Å². The van der Waals surface area contributed by atoms with E-state index in [0.29, 0.717) is 6.61 Å². The summed E-state index contributed by atoms with van der Waals surface area (Å²) in [5.41, 5.74) is 2.91. The smallest absolute Gasteiger partial charge is 0.194 e. The van der Waals surface area contributed by atoms with Gasteiger partial charge < -0.3 is 9.72 Å². The summed E-state index contributed by atoms with van der Waals surface area (Å²) < 4.78 is 5.68. The predicted octanol–water partition coefficient (Wildman–Crippen LogP) is 3.61. The topological polar surface area (TPSA) is 45.3 Å². The molecule has 0 bridgehead atoms. The average molecular weight is 314 g/mol. The van der Waals surface area contributed by atoms with Gasteiger partial charge >= 0.3 is 0 Å². The van der Waals surface area contributed by atoms with Crippen LogP contribution in [-0.4, -0.2) is 29.6 Å². The minimum Gasteiger partial charge on any atom is -0.494 e. The fourth-order valence-electron chi connectivity index (χ4n) is 3.27. The molecule has 0 radical (unpaired) electrons. The first-order valence-electron chi connectivity index (χ1n) is 8.69. The fraction of sp³-hybridized carbons (Fsp3) is 0.526. The number of fused-ring (bicyclic) bond motifs is 1. The molecule has 124 valence electrons. The summed E-state index contributed by atoms with van der Waals surface area (Å²) in [5, 5.41) is 0.733. The maximum Gasteiger partial charge on any atom is 0.194 e. The van der Waals surface area contributed by atoms with Crippen LogP contribution in [0.2, 0.25) is 0 Å². The molecule has 23 heavy (non-hydrogen) atoms. The zero-order valence-corrected chi connectivity index (χ0v) is 14.2. The lowest BCUT2D eigenvalue weighted by Gasteiger charge is -2.26. The first-order valence-corrected chi connectivity index (χ1v) is 8.69. The molecule has 4 heteroatoms. The molecular formula is C19H26N2O2. The highest BCUT2D eigenvalue weighted by atomic mass is 16.5. The summed E-state index contributed by atoms with van der Waals surface area (Å²) in [4.78, 5) is 18.7. The number of rotatable bonds is 5. The molecule has 1 fully saturated rings. The lowest BCUT2D eigenvalue weighted by atomic mass is 10.1. The van der Waals surface area contributed by atoms with Crippen LogP contribution < -0.4 is 10.2 Å². The third kappa shape index (κ3) is 3.58. The summed E-state index contributed by atoms with van der Waals surface area (Å²) in [6.07, 6.45) is 4.74. The number of nitrogens with one attached hydrogen (secondary N) is 1. The van der Waals surface area contributed by atoms with Crippen molar-refractivity contribution in [1.82, 2.24) is 9.88 Å². The highest BCUT2D eigenvalue weighted by Crippen LogP contribution is 2.20. The van der Waals surface area contributed by atoms with Crippen molar-refractivity contribution in [3.63, 3.8) is 0 Å². The number of hydrogen-bond donors (Lipinski definition) is 1. The molecule has 3 rings (SSSR count). The van der Waals surface area contributed by atoms with Crippen LogP contribution >= 0.6 is 0 Å². The van der Waals surface area contributed by atoms with Crippen LogP contribution in [0.5, 0.6) is 5.75 Å². The van der Waals surface area contributed by atoms with Gasteiger partial charge in [0.25, 0.3) is 0 Å². The molecule has 1 aliphatic rings. The largest absolute Gasteiger partial charge is 0.494 e. The summed E-state index contributed by atoms with van der Waals surface area (Å²) in [6, 6.07) is 5.75. The number of aryl methyl sites for hydroxylation is 1. The Balaban J connectivity index is 1.95. The second-order valence-corrected chi connectivity index (χ2v) is 6.45. The van der Waals surface area contributed by atoms with Gasteiger partial charge in [0, 0.05) is 28.7 Å². The molecule has 4 nitrogen and oxygen atoms in total. The van der Waals surface area contributed by atoms with Gasteiger partial charge in [0.05, 0.1) is 6.61 Å². The molecule has 1 N–H and O–H groups in total. The molecule has 1 aromatic heterocycles. The number of pyridine rings is 1. The maximum absolute atomic E-state index is 12.9. The molecule has 0 spiro atoms. The number of nitrogens with zero attached hydrogens (tertiary/aromatic N) is 1. The van der Waals surface area contributed by atoms with Gasteiger partial charge in [-0.3, -0.25) is 9.69 Å². The van der Waals surface area contributed by atoms with Gasteiger partial charge in [0.2, 0.25) is 0 Å². The van der Waals surface area contributed by atoms with Crippen molar-refractivity contribution >= 4 is 10.9 Å². The monoisotopic (exact) mass is 314 g/mol. The number of aromatic amines is 1. The molecular weight excluding hydrogens is 288 g/mol. The van der Waals surface area contributed by atoms with E-state index in [-0.39, 0.29) is 5.43 Å². The minimum atomic E-state index is 0.142. The maximum atomic E-state index is 12.9. The Morgan fingerprint density at radius 2 is 2.00 bits per heavy atom. The van der Waals surface area contributed by atoms with Crippen molar-refractivity contribution in [3.8, 4) is 5.75 Å². The Morgan fingerprint density at radius 3 is 2.74 bits per heavy atom. The number of piperidine rings is 1. The van der Waals surface area contributed by atoms with Gasteiger partial charge in [-0.05, 0) is 57.5 Å². The third-order valence-corrected chi connectivity index (χ3v) is 4.59. The lowest BCUT2D eigenvalue weighted by molar-refractivity contribution is 0.220. The first-order chi connectivity index (χ1) is 11.2. The second kappa shape index (κ2) is 7.18. The zero-order chi connectivity index (χ0) is 16.2. The van der Waals surface area contributed by atoms with Crippen LogP contribution in [0.15, 0.2) is 23.0 Å². The van der Waals surface area contributed by atoms with Crippen molar-refractivity contribution < 1.29 is 4.74 Å². The Kier molecular flexibility index (Phi) is 5.01. The number of H-pyrrole nitrogens is 1. The normalized spacial score (nSPS) is 15.9. The van der Waals surface area contributed by atoms with E-state index in [9.17, 15) is 4.79 Å². The first kappa shape index (κ1) is 16.1. The van der Waals surface area contributed by atoms with Crippen molar-refractivity contribution in [3.05, 3.63) is 39.7 Å². The lowest BCUT2D eigenvalue weighted by Crippen LogP contribution is -2.32. The van der Waals surface area contributed by atoms with E-state index in [1.54, 1.807) is 0 Å². The minimum absolute atomic E-state index is 0.142. The summed E-state index contributed by atoms with van der Waals surface area (Å²) in [5.74, 6) is 0.776. The molecule has 0 saturated carbocycles.